The summed E-state index contributed by atoms with van der Waals surface area (Å²) in [5.41, 5.74) is 2.41. The molecule has 3 aromatic rings. The van der Waals surface area contributed by atoms with Gasteiger partial charge in [0.05, 0.1) is 4.90 Å². The first-order valence-corrected chi connectivity index (χ1v) is 12.3. The van der Waals surface area contributed by atoms with Crippen molar-refractivity contribution >= 4 is 26.6 Å². The number of aryl methyl sites for hydroxylation is 1. The van der Waals surface area contributed by atoms with E-state index in [0.29, 0.717) is 22.6 Å². The number of anilines is 1. The van der Waals surface area contributed by atoms with E-state index in [-0.39, 0.29) is 16.7 Å². The minimum absolute atomic E-state index is 0.0519. The van der Waals surface area contributed by atoms with E-state index in [1.165, 1.54) is 12.1 Å². The van der Waals surface area contributed by atoms with Crippen LogP contribution in [0.25, 0.3) is 22.2 Å². The highest BCUT2D eigenvalue weighted by Crippen LogP contribution is 2.35. The summed E-state index contributed by atoms with van der Waals surface area (Å²) >= 11 is 0. The molecule has 2 aromatic heterocycles. The Labute approximate surface area is 182 Å². The monoisotopic (exact) mass is 441 g/mol. The van der Waals surface area contributed by atoms with Crippen LogP contribution in [0, 0.1) is 6.92 Å². The van der Waals surface area contributed by atoms with Crippen molar-refractivity contribution in [2.75, 3.05) is 31.2 Å². The number of nitrogens with one attached hydrogen (secondary N) is 1. The molecule has 3 heterocycles. The van der Waals surface area contributed by atoms with Gasteiger partial charge in [-0.05, 0) is 63.2 Å². The number of benzene rings is 1. The quantitative estimate of drug-likeness (QED) is 0.622. The number of rotatable bonds is 5. The van der Waals surface area contributed by atoms with Crippen LogP contribution in [0.3, 0.4) is 0 Å². The van der Waals surface area contributed by atoms with Gasteiger partial charge in [-0.25, -0.2) is 13.4 Å². The van der Waals surface area contributed by atoms with Gasteiger partial charge in [-0.1, -0.05) is 6.92 Å². The van der Waals surface area contributed by atoms with E-state index in [9.17, 15) is 13.5 Å². The maximum absolute atomic E-state index is 11.8. The number of phenols is 1. The molecular formula is C22H27N5O3S. The molecule has 1 aliphatic rings. The molecule has 1 saturated heterocycles. The molecule has 31 heavy (non-hydrogen) atoms. The van der Waals surface area contributed by atoms with Crippen LogP contribution in [0.4, 0.5) is 5.82 Å². The summed E-state index contributed by atoms with van der Waals surface area (Å²) in [6, 6.07) is 8.33. The summed E-state index contributed by atoms with van der Waals surface area (Å²) in [6.07, 6.45) is 3.29. The Kier molecular flexibility index (Phi) is 5.81. The lowest BCUT2D eigenvalue weighted by Crippen LogP contribution is -2.42. The summed E-state index contributed by atoms with van der Waals surface area (Å²) in [4.78, 5) is 7.16. The van der Waals surface area contributed by atoms with E-state index in [1.54, 1.807) is 6.07 Å². The minimum Gasteiger partial charge on any atom is -0.507 e. The van der Waals surface area contributed by atoms with Crippen LogP contribution in [-0.4, -0.2) is 65.5 Å². The highest BCUT2D eigenvalue weighted by molar-refractivity contribution is 7.90. The zero-order valence-electron chi connectivity index (χ0n) is 18.0. The van der Waals surface area contributed by atoms with Crippen LogP contribution in [0.1, 0.15) is 25.5 Å². The summed E-state index contributed by atoms with van der Waals surface area (Å²) in [5.74, 6) is 0.461. The van der Waals surface area contributed by atoms with Gasteiger partial charge in [-0.15, -0.1) is 10.2 Å². The van der Waals surface area contributed by atoms with Crippen molar-refractivity contribution < 1.29 is 13.5 Å². The number of nitrogens with zero attached hydrogens (tertiary/aromatic N) is 4. The van der Waals surface area contributed by atoms with Crippen molar-refractivity contribution in [1.82, 2.24) is 20.1 Å². The van der Waals surface area contributed by atoms with Crippen molar-refractivity contribution in [3.63, 3.8) is 0 Å². The van der Waals surface area contributed by atoms with Crippen LogP contribution in [0.2, 0.25) is 0 Å². The van der Waals surface area contributed by atoms with Crippen molar-refractivity contribution in [2.24, 2.45) is 0 Å². The number of pyridine rings is 1. The molecule has 0 saturated carbocycles. The second-order valence-electron chi connectivity index (χ2n) is 8.07. The third-order valence-electron chi connectivity index (χ3n) is 5.71. The van der Waals surface area contributed by atoms with Crippen LogP contribution < -0.4 is 5.32 Å². The lowest BCUT2D eigenvalue weighted by Gasteiger charge is -2.32. The molecule has 0 amide bonds. The predicted molar refractivity (Wildman–Crippen MR) is 121 cm³/mol. The Bertz CT molecular complexity index is 1230. The lowest BCUT2D eigenvalue weighted by atomic mass is 10.0. The molecule has 0 bridgehead atoms. The predicted octanol–water partition coefficient (Wildman–Crippen LogP) is 3.01. The molecule has 1 aliphatic heterocycles. The van der Waals surface area contributed by atoms with Gasteiger partial charge in [0.2, 0.25) is 0 Å². The first kappa shape index (κ1) is 21.5. The highest BCUT2D eigenvalue weighted by Gasteiger charge is 2.22. The molecule has 1 unspecified atom stereocenters. The van der Waals surface area contributed by atoms with Gasteiger partial charge >= 0.3 is 0 Å². The molecular weight excluding hydrogens is 414 g/mol. The minimum atomic E-state index is -3.42. The zero-order chi connectivity index (χ0) is 22.2. The smallest absolute Gasteiger partial charge is 0.175 e. The van der Waals surface area contributed by atoms with Crippen molar-refractivity contribution in [3.8, 4) is 17.0 Å². The lowest BCUT2D eigenvalue weighted by molar-refractivity contribution is 0.226. The SMILES string of the molecule is CCN1CCCC(Nc2nnc(-c3ccc(S(C)(=O)=O)cc3O)c3ccc(C)nc23)C1. The number of sulfone groups is 1. The normalized spacial score (nSPS) is 17.7. The molecule has 1 atom stereocenters. The number of hydrogen-bond donors (Lipinski definition) is 2. The van der Waals surface area contributed by atoms with E-state index >= 15 is 0 Å². The Morgan fingerprint density at radius 3 is 2.74 bits per heavy atom. The maximum Gasteiger partial charge on any atom is 0.175 e. The number of aromatic hydroxyl groups is 1. The van der Waals surface area contributed by atoms with Gasteiger partial charge in [0.15, 0.2) is 15.7 Å². The molecule has 1 aromatic carbocycles. The molecule has 0 radical (unpaired) electrons. The average Bonchev–Trinajstić information content (AvgIpc) is 2.74. The first-order chi connectivity index (χ1) is 14.8. The van der Waals surface area contributed by atoms with Gasteiger partial charge in [0.1, 0.15) is 17.0 Å². The highest BCUT2D eigenvalue weighted by atomic mass is 32.2. The van der Waals surface area contributed by atoms with Crippen LogP contribution in [0.5, 0.6) is 5.75 Å². The average molecular weight is 442 g/mol. The Hall–Kier alpha value is -2.78. The number of aromatic nitrogens is 3. The number of phenolic OH excluding ortho intramolecular Hbond substituents is 1. The second kappa shape index (κ2) is 8.39. The molecule has 1 fully saturated rings. The Balaban J connectivity index is 1.77. The third-order valence-corrected chi connectivity index (χ3v) is 6.82. The van der Waals surface area contributed by atoms with Gasteiger partial charge in [0.25, 0.3) is 0 Å². The number of likely N-dealkylation sites (N-methyl/N-ethyl adjacent to an activating group) is 1. The first-order valence-electron chi connectivity index (χ1n) is 10.4. The fraction of sp³-hybridized carbons (Fsp3) is 0.409. The number of piperidine rings is 1. The van der Waals surface area contributed by atoms with Gasteiger partial charge < -0.3 is 15.3 Å². The largest absolute Gasteiger partial charge is 0.507 e. The maximum atomic E-state index is 11.8. The molecule has 9 heteroatoms. The summed E-state index contributed by atoms with van der Waals surface area (Å²) in [5, 5.41) is 23.6. The van der Waals surface area contributed by atoms with Crippen molar-refractivity contribution in [3.05, 3.63) is 36.0 Å². The third kappa shape index (κ3) is 4.47. The molecule has 2 N–H and O–H groups in total. The summed E-state index contributed by atoms with van der Waals surface area (Å²) < 4.78 is 23.6. The standard InChI is InChI=1S/C22H27N5O3S/c1-4-27-11-5-6-15(13-27)24-22-21-18(9-7-14(2)23-21)20(25-26-22)17-10-8-16(12-19(17)28)31(3,29)30/h7-10,12,15,28H,4-6,11,13H2,1-3H3,(H,24,26). The van der Waals surface area contributed by atoms with E-state index < -0.39 is 9.84 Å². The van der Waals surface area contributed by atoms with E-state index in [2.05, 4.69) is 27.3 Å². The molecule has 8 nitrogen and oxygen atoms in total. The number of likely N-dealkylation sites (tertiary alicyclic amines) is 1. The fourth-order valence-corrected chi connectivity index (χ4v) is 4.66. The number of hydrogen-bond acceptors (Lipinski definition) is 8. The van der Waals surface area contributed by atoms with E-state index in [4.69, 9.17) is 4.98 Å². The molecule has 0 aliphatic carbocycles. The fourth-order valence-electron chi connectivity index (χ4n) is 4.02. The topological polar surface area (TPSA) is 108 Å². The van der Waals surface area contributed by atoms with Crippen LogP contribution >= 0.6 is 0 Å². The van der Waals surface area contributed by atoms with Crippen molar-refractivity contribution in [1.29, 1.82) is 0 Å². The van der Waals surface area contributed by atoms with Gasteiger partial charge in [0, 0.05) is 35.5 Å². The van der Waals surface area contributed by atoms with Gasteiger partial charge in [-0.3, -0.25) is 0 Å². The zero-order valence-corrected chi connectivity index (χ0v) is 18.8. The Morgan fingerprint density at radius 1 is 1.23 bits per heavy atom. The molecule has 164 valence electrons. The van der Waals surface area contributed by atoms with Crippen LogP contribution in [-0.2, 0) is 9.84 Å². The molecule has 0 spiro atoms. The van der Waals surface area contributed by atoms with E-state index in [0.717, 1.165) is 49.8 Å². The second-order valence-corrected chi connectivity index (χ2v) is 10.1. The van der Waals surface area contributed by atoms with Crippen LogP contribution in [0.15, 0.2) is 35.2 Å². The molecule has 4 rings (SSSR count). The van der Waals surface area contributed by atoms with Crippen molar-refractivity contribution in [2.45, 2.75) is 37.6 Å². The summed E-state index contributed by atoms with van der Waals surface area (Å²) in [7, 11) is -3.42. The summed E-state index contributed by atoms with van der Waals surface area (Å²) in [6.45, 7) is 7.16. The Morgan fingerprint density at radius 2 is 2.03 bits per heavy atom. The van der Waals surface area contributed by atoms with E-state index in [1.807, 2.05) is 19.1 Å². The number of fused-ring (bicyclic) bond motifs is 1. The van der Waals surface area contributed by atoms with Gasteiger partial charge in [-0.2, -0.15) is 0 Å².